The van der Waals surface area contributed by atoms with Gasteiger partial charge in [0.25, 0.3) is 5.91 Å². The minimum absolute atomic E-state index is 0.0428. The van der Waals surface area contributed by atoms with Gasteiger partial charge in [0.15, 0.2) is 0 Å². The van der Waals surface area contributed by atoms with E-state index in [4.69, 9.17) is 9.47 Å². The summed E-state index contributed by atoms with van der Waals surface area (Å²) in [7, 11) is 0. The third kappa shape index (κ3) is 6.82. The zero-order valence-corrected chi connectivity index (χ0v) is 27.9. The van der Waals surface area contributed by atoms with Crippen molar-refractivity contribution >= 4 is 29.4 Å². The van der Waals surface area contributed by atoms with E-state index in [0.29, 0.717) is 37.7 Å². The summed E-state index contributed by atoms with van der Waals surface area (Å²) < 4.78 is 12.8. The normalized spacial score (nSPS) is 24.6. The average molecular weight is 658 g/mol. The molecule has 3 saturated heterocycles. The summed E-state index contributed by atoms with van der Waals surface area (Å²) in [5.74, 6) is -3.20. The molecule has 3 fully saturated rings. The number of nitrogens with zero attached hydrogens (tertiary/aromatic N) is 2. The molecule has 6 atom stereocenters. The number of unbranched alkanes of at least 4 members (excludes halogenated alkanes) is 1. The number of benzene rings is 2. The number of hydrogen-bond acceptors (Lipinski definition) is 7. The predicted molar refractivity (Wildman–Crippen MR) is 182 cm³/mol. The number of ether oxygens (including phenoxy) is 2. The second kappa shape index (κ2) is 15.3. The van der Waals surface area contributed by atoms with Crippen LogP contribution in [0.2, 0.25) is 0 Å². The first-order valence-corrected chi connectivity index (χ1v) is 16.9. The third-order valence-corrected chi connectivity index (χ3v) is 9.84. The number of anilines is 1. The summed E-state index contributed by atoms with van der Waals surface area (Å²) in [6.45, 7) is 11.9. The highest BCUT2D eigenvalue weighted by atomic mass is 16.6. The van der Waals surface area contributed by atoms with Crippen molar-refractivity contribution in [3.8, 4) is 0 Å². The van der Waals surface area contributed by atoms with Gasteiger partial charge in [0.1, 0.15) is 17.7 Å². The Kier molecular flexibility index (Phi) is 11.2. The van der Waals surface area contributed by atoms with Crippen LogP contribution in [0.1, 0.15) is 61.3 Å². The molecule has 2 aromatic rings. The minimum atomic E-state index is -1.21. The van der Waals surface area contributed by atoms with Gasteiger partial charge in [-0.2, -0.15) is 0 Å². The topological polar surface area (TPSA) is 125 Å². The third-order valence-electron chi connectivity index (χ3n) is 9.84. The summed E-state index contributed by atoms with van der Waals surface area (Å²) in [5.41, 5.74) is 2.12. The lowest BCUT2D eigenvalue weighted by Gasteiger charge is -2.37. The fourth-order valence-electron chi connectivity index (χ4n) is 7.57. The largest absolute Gasteiger partial charge is 0.455 e. The first-order valence-electron chi connectivity index (χ1n) is 16.9. The van der Waals surface area contributed by atoms with Crippen molar-refractivity contribution in [3.05, 3.63) is 90.5 Å². The summed E-state index contributed by atoms with van der Waals surface area (Å²) in [5, 5.41) is 12.4. The maximum Gasteiger partial charge on any atom is 0.313 e. The van der Waals surface area contributed by atoms with Crippen LogP contribution in [0.25, 0.3) is 0 Å². The number of aryl methyl sites for hydroxylation is 2. The van der Waals surface area contributed by atoms with E-state index in [1.165, 1.54) is 0 Å². The number of hydrogen-bond donors (Lipinski definition) is 2. The standard InChI is InChI=1S/C38H47N3O7/c1-5-7-15-31(43)39-24-30(27-13-9-8-10-14-27)47-37(46)32-29-18-19-38(48-29)33(32)35(44)41(21-11-12-22-42)34(38)36(45)40(20-6-2)28-23-25(3)16-17-26(28)4/h5-6,8-10,13-14,16-17,23,29-30,32-34,42H,1-2,7,11-12,15,18-22,24H2,3-4H3,(H,39,43)/t29-,30-,32+,33+,34-,38+/m1/s1. The van der Waals surface area contributed by atoms with E-state index < -0.39 is 41.7 Å². The van der Waals surface area contributed by atoms with Crippen LogP contribution in [-0.4, -0.2) is 77.7 Å². The monoisotopic (exact) mass is 657 g/mol. The summed E-state index contributed by atoms with van der Waals surface area (Å²) in [6, 6.07) is 14.1. The Morgan fingerprint density at radius 3 is 2.62 bits per heavy atom. The molecule has 256 valence electrons. The van der Waals surface area contributed by atoms with Gasteiger partial charge in [0, 0.05) is 31.8 Å². The Morgan fingerprint density at radius 1 is 1.15 bits per heavy atom. The van der Waals surface area contributed by atoms with E-state index in [-0.39, 0.29) is 50.4 Å². The Balaban J connectivity index is 1.46. The van der Waals surface area contributed by atoms with E-state index in [1.807, 2.05) is 62.4 Å². The van der Waals surface area contributed by atoms with Gasteiger partial charge in [-0.25, -0.2) is 0 Å². The van der Waals surface area contributed by atoms with Crippen molar-refractivity contribution in [3.63, 3.8) is 0 Å². The number of rotatable bonds is 16. The molecule has 2 aromatic carbocycles. The number of likely N-dealkylation sites (tertiary alicyclic amines) is 1. The van der Waals surface area contributed by atoms with Gasteiger partial charge in [-0.05, 0) is 68.7 Å². The molecule has 2 N–H and O–H groups in total. The highest BCUT2D eigenvalue weighted by molar-refractivity contribution is 6.05. The van der Waals surface area contributed by atoms with E-state index >= 15 is 0 Å². The van der Waals surface area contributed by atoms with Gasteiger partial charge in [-0.15, -0.1) is 13.2 Å². The van der Waals surface area contributed by atoms with Crippen molar-refractivity contribution in [2.45, 2.75) is 76.2 Å². The van der Waals surface area contributed by atoms with Gasteiger partial charge in [0.2, 0.25) is 11.8 Å². The molecule has 2 bridgehead atoms. The van der Waals surface area contributed by atoms with Crippen LogP contribution in [0, 0.1) is 25.7 Å². The number of allylic oxidation sites excluding steroid dienone is 1. The Bertz CT molecular complexity index is 1530. The van der Waals surface area contributed by atoms with Gasteiger partial charge in [-0.3, -0.25) is 19.2 Å². The smallest absolute Gasteiger partial charge is 0.313 e. The van der Waals surface area contributed by atoms with Gasteiger partial charge in [0.05, 0.1) is 24.5 Å². The molecule has 3 heterocycles. The minimum Gasteiger partial charge on any atom is -0.455 e. The molecule has 0 aromatic heterocycles. The average Bonchev–Trinajstić information content (AvgIpc) is 3.73. The molecular formula is C38H47N3O7. The molecule has 3 amide bonds. The van der Waals surface area contributed by atoms with E-state index in [0.717, 1.165) is 16.8 Å². The van der Waals surface area contributed by atoms with Crippen LogP contribution in [0.5, 0.6) is 0 Å². The first kappa shape index (κ1) is 35.0. The number of aliphatic hydroxyl groups is 1. The van der Waals surface area contributed by atoms with E-state index in [2.05, 4.69) is 18.5 Å². The SMILES string of the molecule is C=CCCC(=O)NC[C@@H](OC(=O)[C@@H]1[C@H]2C(=O)N(CCCCO)[C@H](C(=O)N(CC=C)c3cc(C)ccc3C)[C@]23CC[C@H]1O3)c1ccccc1. The second-order valence-electron chi connectivity index (χ2n) is 13.0. The van der Waals surface area contributed by atoms with Gasteiger partial charge < -0.3 is 29.7 Å². The Morgan fingerprint density at radius 2 is 1.92 bits per heavy atom. The predicted octanol–water partition coefficient (Wildman–Crippen LogP) is 4.34. The maximum atomic E-state index is 14.8. The molecule has 0 aliphatic carbocycles. The number of carbonyl (C=O) groups is 4. The molecule has 0 saturated carbocycles. The van der Waals surface area contributed by atoms with Crippen molar-refractivity contribution < 1.29 is 33.8 Å². The Hall–Kier alpha value is -4.28. The number of amides is 3. The zero-order valence-electron chi connectivity index (χ0n) is 27.9. The van der Waals surface area contributed by atoms with Crippen LogP contribution < -0.4 is 10.2 Å². The van der Waals surface area contributed by atoms with E-state index in [9.17, 15) is 24.3 Å². The molecule has 5 rings (SSSR count). The molecule has 48 heavy (non-hydrogen) atoms. The fraction of sp³-hybridized carbons (Fsp3) is 0.474. The Labute approximate surface area is 282 Å². The molecule has 10 nitrogen and oxygen atoms in total. The number of esters is 1. The lowest BCUT2D eigenvalue weighted by Crippen LogP contribution is -2.56. The van der Waals surface area contributed by atoms with Gasteiger partial charge >= 0.3 is 5.97 Å². The maximum absolute atomic E-state index is 14.8. The van der Waals surface area contributed by atoms with Crippen LogP contribution in [0.15, 0.2) is 73.8 Å². The van der Waals surface area contributed by atoms with Gasteiger partial charge in [-0.1, -0.05) is 54.6 Å². The van der Waals surface area contributed by atoms with Crippen LogP contribution in [-0.2, 0) is 28.7 Å². The zero-order chi connectivity index (χ0) is 34.4. The van der Waals surface area contributed by atoms with Crippen LogP contribution >= 0.6 is 0 Å². The highest BCUT2D eigenvalue weighted by Gasteiger charge is 2.75. The molecule has 1 spiro atoms. The first-order chi connectivity index (χ1) is 23.2. The summed E-state index contributed by atoms with van der Waals surface area (Å²) in [4.78, 5) is 59.0. The summed E-state index contributed by atoms with van der Waals surface area (Å²) in [6.07, 6.45) is 4.63. The van der Waals surface area contributed by atoms with Crippen molar-refractivity contribution in [2.75, 3.05) is 31.1 Å². The quantitative estimate of drug-likeness (QED) is 0.156. The van der Waals surface area contributed by atoms with Crippen LogP contribution in [0.4, 0.5) is 5.69 Å². The molecular weight excluding hydrogens is 610 g/mol. The summed E-state index contributed by atoms with van der Waals surface area (Å²) >= 11 is 0. The lowest BCUT2D eigenvalue weighted by atomic mass is 9.70. The van der Waals surface area contributed by atoms with E-state index in [1.54, 1.807) is 22.0 Å². The fourth-order valence-corrected chi connectivity index (χ4v) is 7.57. The number of carbonyl (C=O) groups excluding carboxylic acids is 4. The number of fused-ring (bicyclic) bond motifs is 1. The molecule has 3 aliphatic heterocycles. The molecule has 0 radical (unpaired) electrons. The highest BCUT2D eigenvalue weighted by Crippen LogP contribution is 2.59. The molecule has 0 unspecified atom stereocenters. The lowest BCUT2D eigenvalue weighted by molar-refractivity contribution is -0.160. The van der Waals surface area contributed by atoms with Crippen molar-refractivity contribution in [1.29, 1.82) is 0 Å². The van der Waals surface area contributed by atoms with Crippen LogP contribution in [0.3, 0.4) is 0 Å². The second-order valence-corrected chi connectivity index (χ2v) is 13.0. The number of nitrogens with one attached hydrogen (secondary N) is 1. The number of aliphatic hydroxyl groups excluding tert-OH is 1. The molecule has 10 heteroatoms. The molecule has 3 aliphatic rings. The van der Waals surface area contributed by atoms with Crippen molar-refractivity contribution in [2.24, 2.45) is 11.8 Å². The van der Waals surface area contributed by atoms with Crippen molar-refractivity contribution in [1.82, 2.24) is 10.2 Å².